The summed E-state index contributed by atoms with van der Waals surface area (Å²) in [6, 6.07) is 5.57. The molecule has 0 bridgehead atoms. The van der Waals surface area contributed by atoms with Crippen molar-refractivity contribution in [3.05, 3.63) is 33.8 Å². The predicted octanol–water partition coefficient (Wildman–Crippen LogP) is 3.38. The summed E-state index contributed by atoms with van der Waals surface area (Å²) in [5, 5.41) is 4.32. The highest BCUT2D eigenvalue weighted by Gasteiger charge is 2.23. The van der Waals surface area contributed by atoms with E-state index in [1.807, 2.05) is 24.1 Å². The molecule has 1 N–H and O–H groups in total. The van der Waals surface area contributed by atoms with Gasteiger partial charge in [0.15, 0.2) is 0 Å². The van der Waals surface area contributed by atoms with Crippen LogP contribution in [0.5, 0.6) is 0 Å². The van der Waals surface area contributed by atoms with E-state index in [2.05, 4.69) is 5.32 Å². The number of piperidine rings is 1. The van der Waals surface area contributed by atoms with Gasteiger partial charge in [0.2, 0.25) is 5.91 Å². The number of nitrogens with one attached hydrogen (secondary N) is 1. The molecule has 1 atom stereocenters. The second kappa shape index (κ2) is 8.02. The van der Waals surface area contributed by atoms with E-state index in [9.17, 15) is 4.79 Å². The summed E-state index contributed by atoms with van der Waals surface area (Å²) >= 11 is 12.2. The van der Waals surface area contributed by atoms with Crippen LogP contribution in [0.15, 0.2) is 18.2 Å². The first kappa shape index (κ1) is 16.6. The van der Waals surface area contributed by atoms with Crippen molar-refractivity contribution in [3.8, 4) is 0 Å². The highest BCUT2D eigenvalue weighted by atomic mass is 35.5. The molecule has 0 saturated carbocycles. The third-order valence-electron chi connectivity index (χ3n) is 4.00. The molecule has 0 aromatic heterocycles. The number of amides is 1. The lowest BCUT2D eigenvalue weighted by Crippen LogP contribution is -2.42. The van der Waals surface area contributed by atoms with Gasteiger partial charge in [-0.3, -0.25) is 4.79 Å². The average molecular weight is 329 g/mol. The number of benzene rings is 1. The van der Waals surface area contributed by atoms with Crippen LogP contribution in [0, 0.1) is 5.92 Å². The summed E-state index contributed by atoms with van der Waals surface area (Å²) in [5.41, 5.74) is 0.946. The second-order valence-electron chi connectivity index (χ2n) is 5.62. The molecule has 0 spiro atoms. The Kier molecular flexibility index (Phi) is 6.34. The van der Waals surface area contributed by atoms with Crippen LogP contribution >= 0.6 is 23.2 Å². The summed E-state index contributed by atoms with van der Waals surface area (Å²) in [5.74, 6) is 0.786. The lowest BCUT2D eigenvalue weighted by Gasteiger charge is -2.32. The molecular formula is C16H22Cl2N2O. The van der Waals surface area contributed by atoms with Gasteiger partial charge in [0.1, 0.15) is 0 Å². The molecule has 0 unspecified atom stereocenters. The van der Waals surface area contributed by atoms with Crippen LogP contribution in [0.25, 0.3) is 0 Å². The van der Waals surface area contributed by atoms with Gasteiger partial charge in [0.05, 0.1) is 10.0 Å². The van der Waals surface area contributed by atoms with Gasteiger partial charge in [-0.15, -0.1) is 0 Å². The summed E-state index contributed by atoms with van der Waals surface area (Å²) in [7, 11) is 1.96. The number of rotatable bonds is 5. The van der Waals surface area contributed by atoms with Crippen molar-refractivity contribution in [2.75, 3.05) is 26.7 Å². The monoisotopic (exact) mass is 328 g/mol. The van der Waals surface area contributed by atoms with Crippen molar-refractivity contribution in [1.82, 2.24) is 10.2 Å². The molecule has 21 heavy (non-hydrogen) atoms. The van der Waals surface area contributed by atoms with E-state index >= 15 is 0 Å². The molecule has 0 radical (unpaired) electrons. The smallest absolute Gasteiger partial charge is 0.222 e. The maximum absolute atomic E-state index is 12.3. The van der Waals surface area contributed by atoms with Gasteiger partial charge >= 0.3 is 0 Å². The molecule has 1 saturated heterocycles. The van der Waals surface area contributed by atoms with Crippen LogP contribution in [0.2, 0.25) is 10.0 Å². The predicted molar refractivity (Wildman–Crippen MR) is 88.0 cm³/mol. The number of hydrogen-bond acceptors (Lipinski definition) is 2. The zero-order valence-corrected chi connectivity index (χ0v) is 13.9. The Bertz CT molecular complexity index is 491. The fourth-order valence-corrected chi connectivity index (χ4v) is 3.30. The fraction of sp³-hybridized carbons (Fsp3) is 0.562. The standard InChI is InChI=1S/C16H22Cl2N2O/c1-19-10-12-4-3-9-20(11-12)15(21)8-7-13-5-2-6-14(17)16(13)18/h2,5-6,12,19H,3-4,7-11H2,1H3/t12-/m1/s1. The van der Waals surface area contributed by atoms with Crippen molar-refractivity contribution >= 4 is 29.1 Å². The summed E-state index contributed by atoms with van der Waals surface area (Å²) < 4.78 is 0. The zero-order chi connectivity index (χ0) is 15.2. The van der Waals surface area contributed by atoms with Gasteiger partial charge in [-0.2, -0.15) is 0 Å². The highest BCUT2D eigenvalue weighted by molar-refractivity contribution is 6.42. The third kappa shape index (κ3) is 4.60. The first-order chi connectivity index (χ1) is 10.1. The van der Waals surface area contributed by atoms with Crippen molar-refractivity contribution in [2.45, 2.75) is 25.7 Å². The largest absolute Gasteiger partial charge is 0.342 e. The van der Waals surface area contributed by atoms with E-state index in [-0.39, 0.29) is 5.91 Å². The Hall–Kier alpha value is -0.770. The number of carbonyl (C=O) groups excluding carboxylic acids is 1. The SMILES string of the molecule is CNC[C@H]1CCCN(C(=O)CCc2cccc(Cl)c2Cl)C1. The van der Waals surface area contributed by atoms with Crippen LogP contribution in [0.4, 0.5) is 0 Å². The topological polar surface area (TPSA) is 32.3 Å². The number of hydrogen-bond donors (Lipinski definition) is 1. The van der Waals surface area contributed by atoms with Crippen molar-refractivity contribution < 1.29 is 4.79 Å². The van der Waals surface area contributed by atoms with E-state index in [0.29, 0.717) is 28.8 Å². The van der Waals surface area contributed by atoms with Gasteiger partial charge in [-0.25, -0.2) is 0 Å². The lowest BCUT2D eigenvalue weighted by molar-refractivity contribution is -0.132. The molecule has 1 aliphatic heterocycles. The molecule has 1 heterocycles. The van der Waals surface area contributed by atoms with E-state index in [1.165, 1.54) is 6.42 Å². The molecule has 1 aromatic carbocycles. The average Bonchev–Trinajstić information content (AvgIpc) is 2.49. The van der Waals surface area contributed by atoms with Gasteiger partial charge in [0, 0.05) is 19.5 Å². The van der Waals surface area contributed by atoms with Gasteiger partial charge in [-0.05, 0) is 50.4 Å². The molecule has 1 fully saturated rings. The lowest BCUT2D eigenvalue weighted by atomic mass is 9.97. The Morgan fingerprint density at radius 3 is 3.00 bits per heavy atom. The molecule has 116 valence electrons. The Morgan fingerprint density at radius 1 is 1.43 bits per heavy atom. The molecule has 0 aliphatic carbocycles. The Labute approximate surface area is 136 Å². The molecular weight excluding hydrogens is 307 g/mol. The number of aryl methyl sites for hydroxylation is 1. The van der Waals surface area contributed by atoms with Crippen molar-refractivity contribution in [1.29, 1.82) is 0 Å². The number of likely N-dealkylation sites (tertiary alicyclic amines) is 1. The van der Waals surface area contributed by atoms with Crippen LogP contribution in [-0.2, 0) is 11.2 Å². The minimum atomic E-state index is 0.215. The summed E-state index contributed by atoms with van der Waals surface area (Å²) in [6.45, 7) is 2.72. The van der Waals surface area contributed by atoms with Gasteiger partial charge < -0.3 is 10.2 Å². The quantitative estimate of drug-likeness (QED) is 0.898. The zero-order valence-electron chi connectivity index (χ0n) is 12.4. The van der Waals surface area contributed by atoms with Crippen molar-refractivity contribution in [2.24, 2.45) is 5.92 Å². The molecule has 1 aromatic rings. The summed E-state index contributed by atoms with van der Waals surface area (Å²) in [6.07, 6.45) is 3.43. The van der Waals surface area contributed by atoms with Crippen LogP contribution in [-0.4, -0.2) is 37.5 Å². The maximum atomic E-state index is 12.3. The number of nitrogens with zero attached hydrogens (tertiary/aromatic N) is 1. The fourth-order valence-electron chi connectivity index (χ4n) is 2.89. The van der Waals surface area contributed by atoms with E-state index in [1.54, 1.807) is 6.07 Å². The van der Waals surface area contributed by atoms with E-state index < -0.39 is 0 Å². The maximum Gasteiger partial charge on any atom is 0.222 e. The first-order valence-corrected chi connectivity index (χ1v) is 8.22. The molecule has 2 rings (SSSR count). The Morgan fingerprint density at radius 2 is 2.24 bits per heavy atom. The molecule has 5 heteroatoms. The van der Waals surface area contributed by atoms with E-state index in [4.69, 9.17) is 23.2 Å². The molecule has 3 nitrogen and oxygen atoms in total. The Balaban J connectivity index is 1.88. The second-order valence-corrected chi connectivity index (χ2v) is 6.40. The third-order valence-corrected chi connectivity index (χ3v) is 4.86. The molecule has 1 aliphatic rings. The first-order valence-electron chi connectivity index (χ1n) is 7.47. The number of halogens is 2. The van der Waals surface area contributed by atoms with Crippen LogP contribution in [0.3, 0.4) is 0 Å². The minimum Gasteiger partial charge on any atom is -0.342 e. The van der Waals surface area contributed by atoms with E-state index in [0.717, 1.165) is 31.6 Å². The normalized spacial score (nSPS) is 18.8. The summed E-state index contributed by atoms with van der Waals surface area (Å²) in [4.78, 5) is 14.3. The van der Waals surface area contributed by atoms with Crippen LogP contribution in [0.1, 0.15) is 24.8 Å². The van der Waals surface area contributed by atoms with Gasteiger partial charge in [-0.1, -0.05) is 35.3 Å². The molecule has 1 amide bonds. The minimum absolute atomic E-state index is 0.215. The van der Waals surface area contributed by atoms with Crippen molar-refractivity contribution in [3.63, 3.8) is 0 Å². The number of carbonyl (C=O) groups is 1. The van der Waals surface area contributed by atoms with Crippen LogP contribution < -0.4 is 5.32 Å². The van der Waals surface area contributed by atoms with Gasteiger partial charge in [0.25, 0.3) is 0 Å². The highest BCUT2D eigenvalue weighted by Crippen LogP contribution is 2.26.